The molecule has 0 bridgehead atoms. The van der Waals surface area contributed by atoms with Crippen molar-refractivity contribution in [3.63, 3.8) is 0 Å². The highest BCUT2D eigenvalue weighted by Crippen LogP contribution is 2.76. The summed E-state index contributed by atoms with van der Waals surface area (Å²) in [5.41, 5.74) is 2.88. The van der Waals surface area contributed by atoms with Gasteiger partial charge in [-0.15, -0.1) is 0 Å². The molecular formula is C33H54O3. The predicted molar refractivity (Wildman–Crippen MR) is 146 cm³/mol. The minimum absolute atomic E-state index is 0.0361. The lowest BCUT2D eigenvalue weighted by atomic mass is 9.31. The SMILES string of the molecule is CO[C@H]1C=C(C)C(C)C2[C@H]3CC[C@@H]4[C@@]5(C)CC[C@H](OC(C)=O)C(C)(C)C5CC[C@@]4(C)[C@]3(C)CC[C@]21C. The Labute approximate surface area is 221 Å². The number of ether oxygens (including phenoxy) is 2. The van der Waals surface area contributed by atoms with Crippen LogP contribution in [-0.2, 0) is 14.3 Å². The topological polar surface area (TPSA) is 35.5 Å². The van der Waals surface area contributed by atoms with Crippen molar-refractivity contribution in [3.8, 4) is 0 Å². The molecule has 5 rings (SSSR count). The van der Waals surface area contributed by atoms with Gasteiger partial charge < -0.3 is 9.47 Å². The van der Waals surface area contributed by atoms with Crippen LogP contribution in [0.1, 0.15) is 114 Å². The third kappa shape index (κ3) is 3.29. The summed E-state index contributed by atoms with van der Waals surface area (Å²) in [4.78, 5) is 11.9. The molecule has 3 nitrogen and oxygen atoms in total. The van der Waals surface area contributed by atoms with Gasteiger partial charge >= 0.3 is 5.97 Å². The lowest BCUT2D eigenvalue weighted by molar-refractivity contribution is -0.258. The van der Waals surface area contributed by atoms with Crippen LogP contribution in [0.4, 0.5) is 0 Å². The summed E-state index contributed by atoms with van der Waals surface area (Å²) in [6, 6.07) is 0. The van der Waals surface area contributed by atoms with Gasteiger partial charge in [0.05, 0.1) is 6.10 Å². The summed E-state index contributed by atoms with van der Waals surface area (Å²) in [5.74, 6) is 3.35. The second kappa shape index (κ2) is 8.33. The molecule has 3 heteroatoms. The average molecular weight is 499 g/mol. The number of carbonyl (C=O) groups is 1. The first kappa shape index (κ1) is 26.8. The second-order valence-corrected chi connectivity index (χ2v) is 15.5. The molecule has 0 aromatic carbocycles. The second-order valence-electron chi connectivity index (χ2n) is 15.5. The molecule has 0 spiro atoms. The number of hydrogen-bond acceptors (Lipinski definition) is 3. The Bertz CT molecular complexity index is 935. The summed E-state index contributed by atoms with van der Waals surface area (Å²) < 4.78 is 12.1. The quantitative estimate of drug-likeness (QED) is 0.284. The van der Waals surface area contributed by atoms with Crippen molar-refractivity contribution < 1.29 is 14.3 Å². The standard InChI is InChI=1S/C33H54O3/c1-20-19-27(35-10)31(7)17-18-32(8)23(28(31)21(20)2)11-12-25-30(6)15-14-26(36-22(3)34)29(4,5)24(30)13-16-33(25,32)9/h19,21,23-28H,11-18H2,1-10H3/t21?,23-,24?,25-,26+,27+,28?,30+,31+,32-,33-/m1/s1. The molecule has 0 heterocycles. The lowest BCUT2D eigenvalue weighted by Crippen LogP contribution is -2.68. The van der Waals surface area contributed by atoms with Gasteiger partial charge in [-0.1, -0.05) is 60.1 Å². The van der Waals surface area contributed by atoms with E-state index < -0.39 is 0 Å². The first-order chi connectivity index (χ1) is 16.7. The van der Waals surface area contributed by atoms with E-state index in [9.17, 15) is 4.79 Å². The normalized spacial score (nSPS) is 53.7. The Morgan fingerprint density at radius 1 is 0.861 bits per heavy atom. The van der Waals surface area contributed by atoms with Crippen molar-refractivity contribution in [1.82, 2.24) is 0 Å². The molecule has 36 heavy (non-hydrogen) atoms. The largest absolute Gasteiger partial charge is 0.462 e. The first-order valence-corrected chi connectivity index (χ1v) is 15.0. The number of fused-ring (bicyclic) bond motifs is 7. The molecular weight excluding hydrogens is 444 g/mol. The van der Waals surface area contributed by atoms with Gasteiger partial charge in [-0.2, -0.15) is 0 Å². The summed E-state index contributed by atoms with van der Waals surface area (Å²) in [6.45, 7) is 21.9. The maximum Gasteiger partial charge on any atom is 0.302 e. The van der Waals surface area contributed by atoms with Gasteiger partial charge in [0.2, 0.25) is 0 Å². The van der Waals surface area contributed by atoms with E-state index >= 15 is 0 Å². The molecule has 4 saturated carbocycles. The third-order valence-electron chi connectivity index (χ3n) is 14.1. The fourth-order valence-electron chi connectivity index (χ4n) is 12.0. The fraction of sp³-hybridized carbons (Fsp3) is 0.909. The monoisotopic (exact) mass is 498 g/mol. The number of esters is 1. The van der Waals surface area contributed by atoms with E-state index in [0.717, 1.165) is 18.3 Å². The molecule has 0 aliphatic heterocycles. The van der Waals surface area contributed by atoms with Crippen molar-refractivity contribution in [2.75, 3.05) is 7.11 Å². The Kier molecular flexibility index (Phi) is 6.19. The van der Waals surface area contributed by atoms with Gasteiger partial charge in [-0.25, -0.2) is 0 Å². The number of hydrogen-bond donors (Lipinski definition) is 0. The molecule has 5 aliphatic carbocycles. The smallest absolute Gasteiger partial charge is 0.302 e. The van der Waals surface area contributed by atoms with E-state index in [1.54, 1.807) is 12.5 Å². The number of rotatable bonds is 2. The molecule has 0 radical (unpaired) electrons. The minimum atomic E-state index is -0.115. The lowest BCUT2D eigenvalue weighted by Gasteiger charge is -2.74. The van der Waals surface area contributed by atoms with Crippen LogP contribution in [0, 0.1) is 56.7 Å². The van der Waals surface area contributed by atoms with Crippen LogP contribution in [0.5, 0.6) is 0 Å². The number of methoxy groups -OCH3 is 1. The van der Waals surface area contributed by atoms with Crippen molar-refractivity contribution >= 4 is 5.97 Å². The molecule has 0 N–H and O–H groups in total. The molecule has 204 valence electrons. The van der Waals surface area contributed by atoms with E-state index in [4.69, 9.17) is 9.47 Å². The molecule has 0 amide bonds. The molecule has 0 aromatic heterocycles. The van der Waals surface area contributed by atoms with Crippen molar-refractivity contribution in [3.05, 3.63) is 11.6 Å². The molecule has 0 aromatic rings. The Balaban J connectivity index is 1.51. The Morgan fingerprint density at radius 2 is 1.56 bits per heavy atom. The Morgan fingerprint density at radius 3 is 2.19 bits per heavy atom. The molecule has 11 atom stereocenters. The minimum Gasteiger partial charge on any atom is -0.462 e. The predicted octanol–water partition coefficient (Wildman–Crippen LogP) is 8.22. The maximum atomic E-state index is 11.9. The highest BCUT2D eigenvalue weighted by atomic mass is 16.5. The maximum absolute atomic E-state index is 11.9. The van der Waals surface area contributed by atoms with Crippen LogP contribution >= 0.6 is 0 Å². The van der Waals surface area contributed by atoms with E-state index in [1.165, 1.54) is 44.9 Å². The van der Waals surface area contributed by atoms with Crippen LogP contribution < -0.4 is 0 Å². The van der Waals surface area contributed by atoms with Crippen LogP contribution in [0.2, 0.25) is 0 Å². The van der Waals surface area contributed by atoms with Crippen LogP contribution in [-0.4, -0.2) is 25.3 Å². The van der Waals surface area contributed by atoms with Crippen LogP contribution in [0.3, 0.4) is 0 Å². The van der Waals surface area contributed by atoms with E-state index in [0.29, 0.717) is 34.0 Å². The molecule has 0 saturated heterocycles. The zero-order valence-corrected chi connectivity index (χ0v) is 25.0. The van der Waals surface area contributed by atoms with Gasteiger partial charge in [0.15, 0.2) is 0 Å². The van der Waals surface area contributed by atoms with Crippen LogP contribution in [0.25, 0.3) is 0 Å². The van der Waals surface area contributed by atoms with E-state index in [2.05, 4.69) is 61.5 Å². The van der Waals surface area contributed by atoms with Gasteiger partial charge in [-0.05, 0) is 104 Å². The third-order valence-corrected chi connectivity index (χ3v) is 14.1. The highest BCUT2D eigenvalue weighted by molar-refractivity contribution is 5.66. The number of allylic oxidation sites excluding steroid dienone is 1. The summed E-state index contributed by atoms with van der Waals surface area (Å²) in [5, 5.41) is 0. The zero-order chi connectivity index (χ0) is 26.5. The van der Waals surface area contributed by atoms with E-state index in [1.807, 2.05) is 7.11 Å². The average Bonchev–Trinajstić information content (AvgIpc) is 2.79. The zero-order valence-electron chi connectivity index (χ0n) is 25.0. The van der Waals surface area contributed by atoms with Gasteiger partial charge in [0.1, 0.15) is 6.10 Å². The van der Waals surface area contributed by atoms with Crippen LogP contribution in [0.15, 0.2) is 11.6 Å². The molecule has 4 fully saturated rings. The first-order valence-electron chi connectivity index (χ1n) is 15.0. The van der Waals surface area contributed by atoms with Gasteiger partial charge in [-0.3, -0.25) is 4.79 Å². The van der Waals surface area contributed by atoms with Gasteiger partial charge in [0, 0.05) is 24.9 Å². The van der Waals surface area contributed by atoms with Crippen molar-refractivity contribution in [2.24, 2.45) is 56.7 Å². The number of carbonyl (C=O) groups excluding carboxylic acids is 1. The molecule has 5 aliphatic rings. The summed E-state index contributed by atoms with van der Waals surface area (Å²) in [6.07, 6.45) is 12.9. The summed E-state index contributed by atoms with van der Waals surface area (Å²) >= 11 is 0. The summed E-state index contributed by atoms with van der Waals surface area (Å²) in [7, 11) is 1.93. The fourth-order valence-corrected chi connectivity index (χ4v) is 12.0. The Hall–Kier alpha value is -0.830. The van der Waals surface area contributed by atoms with Crippen molar-refractivity contribution in [2.45, 2.75) is 126 Å². The molecule has 3 unspecified atom stereocenters. The van der Waals surface area contributed by atoms with Gasteiger partial charge in [0.25, 0.3) is 0 Å². The van der Waals surface area contributed by atoms with Crippen molar-refractivity contribution in [1.29, 1.82) is 0 Å². The highest BCUT2D eigenvalue weighted by Gasteiger charge is 2.70. The van der Waals surface area contributed by atoms with E-state index in [-0.39, 0.29) is 29.0 Å².